The van der Waals surface area contributed by atoms with Gasteiger partial charge in [0.25, 0.3) is 0 Å². The summed E-state index contributed by atoms with van der Waals surface area (Å²) in [5.41, 5.74) is 2.24. The highest BCUT2D eigenvalue weighted by Gasteiger charge is 2.37. The lowest BCUT2D eigenvalue weighted by Gasteiger charge is -2.23. The standard InChI is InChI=1S/C22H24N6O2/c1-22(9-10-22)15-26-13-17(12-24-26)27-14-19(30-2)21(29)20(25-27)18-8-11-23-28(18)16-6-4-3-5-7-16/h3-7,11-14,18H,8-10,15H2,1-2H3. The van der Waals surface area contributed by atoms with Crippen molar-refractivity contribution in [3.8, 4) is 11.4 Å². The van der Waals surface area contributed by atoms with Crippen LogP contribution in [-0.2, 0) is 6.54 Å². The second-order valence-electron chi connectivity index (χ2n) is 8.29. The molecule has 154 valence electrons. The molecule has 0 saturated heterocycles. The maximum absolute atomic E-state index is 13.0. The molecule has 8 nitrogen and oxygen atoms in total. The highest BCUT2D eigenvalue weighted by molar-refractivity contribution is 5.67. The maximum Gasteiger partial charge on any atom is 0.247 e. The van der Waals surface area contributed by atoms with E-state index >= 15 is 0 Å². The molecule has 0 N–H and O–H groups in total. The molecule has 2 aromatic heterocycles. The molecular weight excluding hydrogens is 380 g/mol. The van der Waals surface area contributed by atoms with Gasteiger partial charge in [-0.15, -0.1) is 0 Å². The quantitative estimate of drug-likeness (QED) is 0.631. The van der Waals surface area contributed by atoms with E-state index in [0.717, 1.165) is 17.9 Å². The summed E-state index contributed by atoms with van der Waals surface area (Å²) in [4.78, 5) is 13.0. The number of para-hydroxylation sites is 1. The zero-order valence-corrected chi connectivity index (χ0v) is 17.1. The Hall–Kier alpha value is -3.42. The Morgan fingerprint density at radius 2 is 1.97 bits per heavy atom. The Labute approximate surface area is 174 Å². The fourth-order valence-corrected chi connectivity index (χ4v) is 3.77. The largest absolute Gasteiger partial charge is 0.491 e. The van der Waals surface area contributed by atoms with Crippen LogP contribution in [0.25, 0.3) is 5.69 Å². The predicted octanol–water partition coefficient (Wildman–Crippen LogP) is 3.17. The number of hydrogen-bond donors (Lipinski definition) is 0. The van der Waals surface area contributed by atoms with Crippen LogP contribution in [0.15, 0.2) is 58.8 Å². The second-order valence-corrected chi connectivity index (χ2v) is 8.29. The first-order valence-corrected chi connectivity index (χ1v) is 10.1. The van der Waals surface area contributed by atoms with Crippen LogP contribution in [0.4, 0.5) is 5.69 Å². The Kier molecular flexibility index (Phi) is 4.42. The number of nitrogens with zero attached hydrogens (tertiary/aromatic N) is 6. The van der Waals surface area contributed by atoms with Gasteiger partial charge in [-0.2, -0.15) is 15.3 Å². The fourth-order valence-electron chi connectivity index (χ4n) is 3.77. The number of anilines is 1. The molecular formula is C22H24N6O2. The number of ether oxygens (including phenoxy) is 1. The third kappa shape index (κ3) is 3.38. The average molecular weight is 404 g/mol. The van der Waals surface area contributed by atoms with Crippen molar-refractivity contribution in [3.63, 3.8) is 0 Å². The van der Waals surface area contributed by atoms with Gasteiger partial charge in [0.2, 0.25) is 5.43 Å². The van der Waals surface area contributed by atoms with Crippen LogP contribution in [0.3, 0.4) is 0 Å². The highest BCUT2D eigenvalue weighted by Crippen LogP contribution is 2.46. The first kappa shape index (κ1) is 18.6. The van der Waals surface area contributed by atoms with Crippen molar-refractivity contribution in [3.05, 3.63) is 64.8 Å². The number of benzene rings is 1. The third-order valence-corrected chi connectivity index (χ3v) is 5.83. The molecule has 8 heteroatoms. The van der Waals surface area contributed by atoms with Gasteiger partial charge in [0, 0.05) is 19.2 Å². The number of hydrazone groups is 1. The van der Waals surface area contributed by atoms with Crippen molar-refractivity contribution in [1.82, 2.24) is 19.6 Å². The number of aromatic nitrogens is 4. The molecule has 0 amide bonds. The van der Waals surface area contributed by atoms with Gasteiger partial charge in [-0.3, -0.25) is 14.5 Å². The predicted molar refractivity (Wildman–Crippen MR) is 114 cm³/mol. The molecule has 0 bridgehead atoms. The summed E-state index contributed by atoms with van der Waals surface area (Å²) in [6, 6.07) is 9.50. The Balaban J connectivity index is 1.52. The van der Waals surface area contributed by atoms with E-state index in [4.69, 9.17) is 4.74 Å². The van der Waals surface area contributed by atoms with Crippen LogP contribution < -0.4 is 15.2 Å². The van der Waals surface area contributed by atoms with E-state index in [9.17, 15) is 4.79 Å². The molecule has 30 heavy (non-hydrogen) atoms. The van der Waals surface area contributed by atoms with Gasteiger partial charge in [0.1, 0.15) is 17.4 Å². The van der Waals surface area contributed by atoms with E-state index in [2.05, 4.69) is 22.2 Å². The minimum absolute atomic E-state index is 0.219. The molecule has 1 aromatic carbocycles. The van der Waals surface area contributed by atoms with Crippen LogP contribution >= 0.6 is 0 Å². The van der Waals surface area contributed by atoms with Crippen molar-refractivity contribution in [2.45, 2.75) is 38.8 Å². The van der Waals surface area contributed by atoms with Crippen molar-refractivity contribution < 1.29 is 4.74 Å². The fraction of sp³-hybridized carbons (Fsp3) is 0.364. The minimum atomic E-state index is -0.290. The monoisotopic (exact) mass is 404 g/mol. The molecule has 3 heterocycles. The van der Waals surface area contributed by atoms with Crippen LogP contribution in [-0.4, -0.2) is 32.9 Å². The Bertz CT molecular complexity index is 1150. The van der Waals surface area contributed by atoms with Crippen LogP contribution in [0.5, 0.6) is 5.75 Å². The van der Waals surface area contributed by atoms with E-state index in [-0.39, 0.29) is 17.2 Å². The lowest BCUT2D eigenvalue weighted by atomic mass is 10.1. The highest BCUT2D eigenvalue weighted by atomic mass is 16.5. The summed E-state index contributed by atoms with van der Waals surface area (Å²) in [6.45, 7) is 3.15. The molecule has 1 unspecified atom stereocenters. The first-order chi connectivity index (χ1) is 14.6. The van der Waals surface area contributed by atoms with Gasteiger partial charge in [-0.1, -0.05) is 25.1 Å². The summed E-state index contributed by atoms with van der Waals surface area (Å²) in [6.07, 6.45) is 10.2. The van der Waals surface area contributed by atoms with E-state index in [1.54, 1.807) is 17.1 Å². The smallest absolute Gasteiger partial charge is 0.247 e. The number of methoxy groups -OCH3 is 1. The Morgan fingerprint density at radius 3 is 2.70 bits per heavy atom. The zero-order chi connectivity index (χ0) is 20.7. The van der Waals surface area contributed by atoms with Crippen LogP contribution in [0.1, 0.15) is 37.9 Å². The minimum Gasteiger partial charge on any atom is -0.491 e. The lowest BCUT2D eigenvalue weighted by Crippen LogP contribution is -2.28. The topological polar surface area (TPSA) is 77.5 Å². The number of rotatable bonds is 6. The summed E-state index contributed by atoms with van der Waals surface area (Å²) in [5, 5.41) is 15.5. The van der Waals surface area contributed by atoms with Gasteiger partial charge in [-0.25, -0.2) is 4.68 Å². The lowest BCUT2D eigenvalue weighted by molar-refractivity contribution is 0.402. The van der Waals surface area contributed by atoms with Crippen LogP contribution in [0.2, 0.25) is 0 Å². The zero-order valence-electron chi connectivity index (χ0n) is 17.1. The van der Waals surface area contributed by atoms with Gasteiger partial charge in [-0.05, 0) is 30.4 Å². The summed E-state index contributed by atoms with van der Waals surface area (Å²) in [5.74, 6) is 0.252. The summed E-state index contributed by atoms with van der Waals surface area (Å²) >= 11 is 0. The molecule has 5 rings (SSSR count). The molecule has 1 saturated carbocycles. The molecule has 3 aromatic rings. The second kappa shape index (κ2) is 7.12. The van der Waals surface area contributed by atoms with Gasteiger partial charge in [0.15, 0.2) is 5.75 Å². The molecule has 1 aliphatic heterocycles. The summed E-state index contributed by atoms with van der Waals surface area (Å²) < 4.78 is 9.01. The van der Waals surface area contributed by atoms with E-state index < -0.39 is 0 Å². The molecule has 1 fully saturated rings. The molecule has 1 aliphatic carbocycles. The van der Waals surface area contributed by atoms with Crippen molar-refractivity contribution in [2.75, 3.05) is 12.1 Å². The van der Waals surface area contributed by atoms with E-state index in [1.807, 2.05) is 52.4 Å². The molecule has 0 spiro atoms. The van der Waals surface area contributed by atoms with Crippen molar-refractivity contribution in [2.24, 2.45) is 10.5 Å². The maximum atomic E-state index is 13.0. The van der Waals surface area contributed by atoms with E-state index in [1.165, 1.54) is 20.0 Å². The van der Waals surface area contributed by atoms with E-state index in [0.29, 0.717) is 17.5 Å². The van der Waals surface area contributed by atoms with Gasteiger partial charge in [0.05, 0.1) is 31.4 Å². The number of hydrogen-bond acceptors (Lipinski definition) is 6. The van der Waals surface area contributed by atoms with Crippen molar-refractivity contribution in [1.29, 1.82) is 0 Å². The molecule has 2 aliphatic rings. The molecule has 1 atom stereocenters. The van der Waals surface area contributed by atoms with Crippen molar-refractivity contribution >= 4 is 11.9 Å². The van der Waals surface area contributed by atoms with Gasteiger partial charge >= 0.3 is 0 Å². The summed E-state index contributed by atoms with van der Waals surface area (Å²) in [7, 11) is 1.50. The SMILES string of the molecule is COc1cn(-c2cnn(CC3(C)CC3)c2)nc(C2CC=NN2c2ccccc2)c1=O. The average Bonchev–Trinajstić information content (AvgIpc) is 3.13. The third-order valence-electron chi connectivity index (χ3n) is 5.83. The van der Waals surface area contributed by atoms with Crippen LogP contribution in [0, 0.1) is 5.41 Å². The normalized spacial score (nSPS) is 19.3. The van der Waals surface area contributed by atoms with Gasteiger partial charge < -0.3 is 4.74 Å². The molecule has 0 radical (unpaired) electrons. The Morgan fingerprint density at radius 1 is 1.17 bits per heavy atom. The first-order valence-electron chi connectivity index (χ1n) is 10.1.